The van der Waals surface area contributed by atoms with Gasteiger partial charge in [0.05, 0.1) is 0 Å². The maximum atomic E-state index is 2.59. The Kier molecular flexibility index (Phi) is 8.40. The molecule has 0 atom stereocenters. The fourth-order valence-corrected chi connectivity index (χ4v) is 13.7. The minimum Gasteiger partial charge on any atom is 0 e. The first-order chi connectivity index (χ1) is 10.3. The molecule has 0 spiro atoms. The van der Waals surface area contributed by atoms with Gasteiger partial charge in [-0.2, -0.15) is 0 Å². The average molecular weight is 423 g/mol. The Morgan fingerprint density at radius 1 is 0.652 bits per heavy atom. The van der Waals surface area contributed by atoms with Crippen LogP contribution in [0.25, 0.3) is 0 Å². The van der Waals surface area contributed by atoms with E-state index in [9.17, 15) is 0 Å². The van der Waals surface area contributed by atoms with E-state index in [0.29, 0.717) is 10.8 Å². The van der Waals surface area contributed by atoms with E-state index < -0.39 is 19.8 Å². The molecule has 0 fully saturated rings. The van der Waals surface area contributed by atoms with E-state index in [1.807, 2.05) is 0 Å². The molecule has 2 radical (unpaired) electrons. The van der Waals surface area contributed by atoms with Crippen molar-refractivity contribution in [3.05, 3.63) is 71.8 Å². The summed E-state index contributed by atoms with van der Waals surface area (Å²) in [6.07, 6.45) is 0. The molecular weight excluding hydrogens is 394 g/mol. The molecule has 0 aliphatic heterocycles. The van der Waals surface area contributed by atoms with Crippen LogP contribution in [0.5, 0.6) is 0 Å². The Balaban J connectivity index is 0.00000264. The summed E-state index contributed by atoms with van der Waals surface area (Å²) in [4.78, 5) is 2.59. The topological polar surface area (TPSA) is 0 Å². The number of benzene rings is 2. The van der Waals surface area contributed by atoms with Crippen molar-refractivity contribution in [2.75, 3.05) is 0 Å². The summed E-state index contributed by atoms with van der Waals surface area (Å²) in [7, 11) is 0. The largest absolute Gasteiger partial charge is 0 e. The smallest absolute Gasteiger partial charge is 0 e. The Hall–Kier alpha value is 0.239. The van der Waals surface area contributed by atoms with Gasteiger partial charge >= 0.3 is 144 Å². The second kappa shape index (κ2) is 9.08. The molecule has 0 saturated carbocycles. The summed E-state index contributed by atoms with van der Waals surface area (Å²) in [5, 5.41) is 0. The molecule has 2 heteroatoms. The van der Waals surface area contributed by atoms with Crippen molar-refractivity contribution in [1.82, 2.24) is 0 Å². The van der Waals surface area contributed by atoms with Crippen molar-refractivity contribution < 1.29 is 0 Å². The zero-order valence-corrected chi connectivity index (χ0v) is 20.5. The molecule has 0 saturated heterocycles. The van der Waals surface area contributed by atoms with Gasteiger partial charge in [-0.15, -0.1) is 0 Å². The zero-order valence-electron chi connectivity index (χ0n) is 15.7. The van der Waals surface area contributed by atoms with Crippen LogP contribution in [0.1, 0.15) is 38.8 Å². The minimum atomic E-state index is -1.41. The fraction of sp³-hybridized carbons (Fsp3) is 0.429. The van der Waals surface area contributed by atoms with Gasteiger partial charge in [0.25, 0.3) is 0 Å². The van der Waals surface area contributed by atoms with Crippen LogP contribution in [-0.4, -0.2) is 49.3 Å². The molecule has 0 N–H and O–H groups in total. The molecule has 0 bridgehead atoms. The van der Waals surface area contributed by atoms with Crippen LogP contribution in [0, 0.1) is 0 Å². The maximum Gasteiger partial charge on any atom is 0 e. The minimum absolute atomic E-state index is 0. The van der Waals surface area contributed by atoms with E-state index in [1.165, 1.54) is 20.0 Å². The van der Waals surface area contributed by atoms with E-state index in [0.717, 1.165) is 0 Å². The predicted molar refractivity (Wildman–Crippen MR) is 106 cm³/mol. The monoisotopic (exact) mass is 424 g/mol. The van der Waals surface area contributed by atoms with Crippen LogP contribution < -0.4 is 0 Å². The second-order valence-electron chi connectivity index (χ2n) is 7.81. The van der Waals surface area contributed by atoms with Gasteiger partial charge < -0.3 is 0 Å². The van der Waals surface area contributed by atoms with E-state index in [-0.39, 0.29) is 29.6 Å². The first-order valence-electron chi connectivity index (χ1n) is 8.24. The summed E-state index contributed by atoms with van der Waals surface area (Å²) in [5.74, 6) is 0. The van der Waals surface area contributed by atoms with Gasteiger partial charge in [0.15, 0.2) is 0 Å². The molecule has 118 valence electrons. The summed E-state index contributed by atoms with van der Waals surface area (Å²) >= 11 is -1.41. The van der Waals surface area contributed by atoms with E-state index in [1.54, 1.807) is 0 Å². The first-order valence-corrected chi connectivity index (χ1v) is 15.1. The maximum absolute atomic E-state index is 2.59. The SMILES string of the molecule is [CH3][Sn]([CH2]C(C)(C)c1ccccc1)[CH2]C(C)(C)c1ccccc1.[Na]. The summed E-state index contributed by atoms with van der Waals surface area (Å²) in [5.41, 5.74) is 3.62. The van der Waals surface area contributed by atoms with Crippen molar-refractivity contribution in [3.8, 4) is 0 Å². The first kappa shape index (κ1) is 21.3. The van der Waals surface area contributed by atoms with Crippen LogP contribution in [0.2, 0.25) is 13.8 Å². The van der Waals surface area contributed by atoms with Crippen LogP contribution in [0.4, 0.5) is 0 Å². The van der Waals surface area contributed by atoms with Gasteiger partial charge in [-0.1, -0.05) is 0 Å². The fourth-order valence-electron chi connectivity index (χ4n) is 3.55. The van der Waals surface area contributed by atoms with E-state index in [4.69, 9.17) is 0 Å². The van der Waals surface area contributed by atoms with Crippen molar-refractivity contribution in [3.63, 3.8) is 0 Å². The van der Waals surface area contributed by atoms with Gasteiger partial charge in [0, 0.05) is 29.6 Å². The third kappa shape index (κ3) is 6.23. The molecule has 0 amide bonds. The molecule has 0 aliphatic rings. The van der Waals surface area contributed by atoms with Gasteiger partial charge in [0.1, 0.15) is 0 Å². The van der Waals surface area contributed by atoms with Crippen molar-refractivity contribution >= 4 is 49.3 Å². The zero-order chi connectivity index (χ0) is 16.2. The Morgan fingerprint density at radius 3 is 1.26 bits per heavy atom. The van der Waals surface area contributed by atoms with Gasteiger partial charge in [0.2, 0.25) is 0 Å². The molecule has 0 nitrogen and oxygen atoms in total. The molecule has 0 aromatic heterocycles. The summed E-state index contributed by atoms with van der Waals surface area (Å²) in [6, 6.07) is 22.1. The van der Waals surface area contributed by atoms with Crippen LogP contribution >= 0.6 is 0 Å². The third-order valence-corrected chi connectivity index (χ3v) is 13.1. The molecule has 2 aromatic rings. The van der Waals surface area contributed by atoms with Crippen LogP contribution in [-0.2, 0) is 10.8 Å². The average Bonchev–Trinajstić information content (AvgIpc) is 2.48. The van der Waals surface area contributed by atoms with E-state index in [2.05, 4.69) is 93.3 Å². The van der Waals surface area contributed by atoms with Crippen LogP contribution in [0.15, 0.2) is 60.7 Å². The molecule has 0 heterocycles. The summed E-state index contributed by atoms with van der Waals surface area (Å²) in [6.45, 7) is 9.67. The Morgan fingerprint density at radius 2 is 0.957 bits per heavy atom. The molecule has 0 aliphatic carbocycles. The molecular formula is C21H29NaSn. The van der Waals surface area contributed by atoms with Gasteiger partial charge in [-0.25, -0.2) is 0 Å². The van der Waals surface area contributed by atoms with Crippen molar-refractivity contribution in [2.24, 2.45) is 0 Å². The normalized spacial score (nSPS) is 12.1. The quantitative estimate of drug-likeness (QED) is 0.525. The predicted octanol–water partition coefficient (Wildman–Crippen LogP) is 5.69. The number of rotatable bonds is 6. The van der Waals surface area contributed by atoms with E-state index >= 15 is 0 Å². The third-order valence-electron chi connectivity index (χ3n) is 4.60. The second-order valence-corrected chi connectivity index (χ2v) is 15.3. The van der Waals surface area contributed by atoms with Gasteiger partial charge in [-0.05, 0) is 0 Å². The molecule has 2 rings (SSSR count). The van der Waals surface area contributed by atoms with Crippen molar-refractivity contribution in [1.29, 1.82) is 0 Å². The number of hydrogen-bond donors (Lipinski definition) is 0. The molecule has 0 unspecified atom stereocenters. The number of hydrogen-bond acceptors (Lipinski definition) is 0. The Bertz CT molecular complexity index is 522. The standard InChI is InChI=1S/2C10H13.CH3.Na.Sn/c2*1-10(2,3)9-7-5-4-6-8-9;;;/h2*4-8H,1H2,2-3H3;1H3;;. The van der Waals surface area contributed by atoms with Crippen LogP contribution in [0.3, 0.4) is 0 Å². The Labute approximate surface area is 172 Å². The molecule has 2 aromatic carbocycles. The molecule has 23 heavy (non-hydrogen) atoms. The van der Waals surface area contributed by atoms with Gasteiger partial charge in [-0.3, -0.25) is 0 Å². The summed E-state index contributed by atoms with van der Waals surface area (Å²) < 4.78 is 2.82. The van der Waals surface area contributed by atoms with Crippen molar-refractivity contribution in [2.45, 2.75) is 52.3 Å².